The maximum Gasteiger partial charge on any atom is 0.416 e. The van der Waals surface area contributed by atoms with Crippen LogP contribution in [0.15, 0.2) is 29.3 Å². The number of alkyl halides is 3. The maximum atomic E-state index is 12.9. The van der Waals surface area contributed by atoms with Crippen molar-refractivity contribution >= 4 is 41.7 Å². The second kappa shape index (κ2) is 10.8. The highest BCUT2D eigenvalue weighted by Gasteiger charge is 2.32. The van der Waals surface area contributed by atoms with Crippen LogP contribution in [0.3, 0.4) is 0 Å². The van der Waals surface area contributed by atoms with E-state index in [0.29, 0.717) is 11.5 Å². The van der Waals surface area contributed by atoms with E-state index in [0.717, 1.165) is 38.7 Å². The number of nitrogens with one attached hydrogen (secondary N) is 2. The number of rotatable bonds is 5. The summed E-state index contributed by atoms with van der Waals surface area (Å²) in [4.78, 5) is 4.21. The first-order valence-corrected chi connectivity index (χ1v) is 9.79. The Hall–Kier alpha value is -0.680. The zero-order valence-electron chi connectivity index (χ0n) is 15.7. The summed E-state index contributed by atoms with van der Waals surface area (Å²) < 4.78 is 44.2. The van der Waals surface area contributed by atoms with Gasteiger partial charge in [0.05, 0.1) is 11.6 Å². The molecule has 1 aliphatic heterocycles. The fourth-order valence-corrected chi connectivity index (χ4v) is 3.70. The van der Waals surface area contributed by atoms with Crippen molar-refractivity contribution in [2.75, 3.05) is 33.1 Å². The summed E-state index contributed by atoms with van der Waals surface area (Å²) in [7, 11) is 1.66. The minimum atomic E-state index is -4.34. The molecule has 1 aliphatic rings. The van der Waals surface area contributed by atoms with E-state index in [-0.39, 0.29) is 34.8 Å². The molecule has 154 valence electrons. The second-order valence-corrected chi connectivity index (χ2v) is 7.69. The SMILES string of the molecule is CN=C(NCC1(SC)CCOCC1)NC(C)c1cccc(C(F)(F)F)c1.I. The molecule has 2 rings (SSSR count). The van der Waals surface area contributed by atoms with Crippen molar-refractivity contribution in [3.8, 4) is 0 Å². The molecule has 0 aliphatic carbocycles. The third-order valence-electron chi connectivity index (χ3n) is 4.71. The molecule has 1 saturated heterocycles. The maximum absolute atomic E-state index is 12.9. The van der Waals surface area contributed by atoms with Crippen molar-refractivity contribution in [2.45, 2.75) is 36.7 Å². The van der Waals surface area contributed by atoms with Crippen LogP contribution in [0.5, 0.6) is 0 Å². The van der Waals surface area contributed by atoms with Gasteiger partial charge in [0, 0.05) is 31.6 Å². The fraction of sp³-hybridized carbons (Fsp3) is 0.611. The third kappa shape index (κ3) is 7.01. The summed E-state index contributed by atoms with van der Waals surface area (Å²) in [5.41, 5.74) is -0.0800. The van der Waals surface area contributed by atoms with Gasteiger partial charge in [0.25, 0.3) is 0 Å². The molecule has 0 spiro atoms. The molecule has 9 heteroatoms. The number of guanidine groups is 1. The first kappa shape index (κ1) is 24.4. The molecule has 0 saturated carbocycles. The molecule has 0 amide bonds. The van der Waals surface area contributed by atoms with E-state index in [9.17, 15) is 13.2 Å². The van der Waals surface area contributed by atoms with E-state index in [1.54, 1.807) is 13.1 Å². The minimum absolute atomic E-state index is 0. The van der Waals surface area contributed by atoms with E-state index in [4.69, 9.17) is 4.74 Å². The van der Waals surface area contributed by atoms with Crippen LogP contribution in [0.25, 0.3) is 0 Å². The summed E-state index contributed by atoms with van der Waals surface area (Å²) in [6, 6.07) is 5.06. The molecule has 1 heterocycles. The Bertz CT molecular complexity index is 622. The molecule has 0 bridgehead atoms. The largest absolute Gasteiger partial charge is 0.416 e. The Morgan fingerprint density at radius 2 is 2.00 bits per heavy atom. The number of halogens is 4. The molecule has 4 nitrogen and oxygen atoms in total. The molecule has 1 aromatic rings. The average Bonchev–Trinajstić information content (AvgIpc) is 2.65. The highest BCUT2D eigenvalue weighted by atomic mass is 127. The average molecular weight is 517 g/mol. The Morgan fingerprint density at radius 1 is 1.33 bits per heavy atom. The smallest absolute Gasteiger partial charge is 0.381 e. The van der Waals surface area contributed by atoms with Gasteiger partial charge in [-0.2, -0.15) is 24.9 Å². The number of benzene rings is 1. The van der Waals surface area contributed by atoms with Gasteiger partial charge in [0.2, 0.25) is 0 Å². The molecule has 0 radical (unpaired) electrons. The van der Waals surface area contributed by atoms with Gasteiger partial charge in [-0.05, 0) is 43.7 Å². The summed E-state index contributed by atoms with van der Waals surface area (Å²) in [5, 5.41) is 6.49. The summed E-state index contributed by atoms with van der Waals surface area (Å²) in [6.45, 7) is 4.04. The predicted octanol–water partition coefficient (Wildman–Crippen LogP) is 4.46. The standard InChI is InChI=1S/C18H26F3N3OS.HI/c1-13(14-5-4-6-15(11-14)18(19,20)21)24-16(22-2)23-12-17(26-3)7-9-25-10-8-17;/h4-6,11,13H,7-10,12H2,1-3H3,(H2,22,23,24);1H. The van der Waals surface area contributed by atoms with E-state index < -0.39 is 11.7 Å². The van der Waals surface area contributed by atoms with Crippen LogP contribution in [-0.4, -0.2) is 43.8 Å². The van der Waals surface area contributed by atoms with Crippen molar-refractivity contribution in [1.29, 1.82) is 0 Å². The first-order chi connectivity index (χ1) is 12.3. The summed E-state index contributed by atoms with van der Waals surface area (Å²) in [5.74, 6) is 0.579. The van der Waals surface area contributed by atoms with Crippen LogP contribution in [0.1, 0.15) is 36.9 Å². The van der Waals surface area contributed by atoms with Crippen LogP contribution >= 0.6 is 35.7 Å². The van der Waals surface area contributed by atoms with Crippen molar-refractivity contribution in [3.05, 3.63) is 35.4 Å². The van der Waals surface area contributed by atoms with Gasteiger partial charge in [0.15, 0.2) is 5.96 Å². The highest BCUT2D eigenvalue weighted by Crippen LogP contribution is 2.33. The van der Waals surface area contributed by atoms with Crippen molar-refractivity contribution in [1.82, 2.24) is 10.6 Å². The zero-order chi connectivity index (χ0) is 19.2. The Morgan fingerprint density at radius 3 is 2.56 bits per heavy atom. The van der Waals surface area contributed by atoms with E-state index in [1.165, 1.54) is 12.1 Å². The quantitative estimate of drug-likeness (QED) is 0.344. The molecule has 2 N–H and O–H groups in total. The van der Waals surface area contributed by atoms with Gasteiger partial charge >= 0.3 is 6.18 Å². The number of thioether (sulfide) groups is 1. The van der Waals surface area contributed by atoms with E-state index in [2.05, 4.69) is 21.9 Å². The summed E-state index contributed by atoms with van der Waals surface area (Å²) in [6.07, 6.45) is -0.333. The number of hydrogen-bond acceptors (Lipinski definition) is 3. The molecule has 27 heavy (non-hydrogen) atoms. The summed E-state index contributed by atoms with van der Waals surface area (Å²) >= 11 is 1.82. The van der Waals surface area contributed by atoms with Crippen LogP contribution in [-0.2, 0) is 10.9 Å². The fourth-order valence-electron chi connectivity index (χ4n) is 2.91. The molecule has 1 unspecified atom stereocenters. The van der Waals surface area contributed by atoms with Crippen LogP contribution < -0.4 is 10.6 Å². The van der Waals surface area contributed by atoms with Gasteiger partial charge in [-0.3, -0.25) is 4.99 Å². The zero-order valence-corrected chi connectivity index (χ0v) is 18.9. The second-order valence-electron chi connectivity index (χ2n) is 6.41. The molecule has 1 aromatic carbocycles. The Labute approximate surface area is 180 Å². The monoisotopic (exact) mass is 517 g/mol. The third-order valence-corrected chi connectivity index (χ3v) is 6.12. The van der Waals surface area contributed by atoms with Crippen molar-refractivity contribution < 1.29 is 17.9 Å². The lowest BCUT2D eigenvalue weighted by atomic mass is 9.99. The molecular formula is C18H27F3IN3OS. The van der Waals surface area contributed by atoms with Crippen LogP contribution in [0, 0.1) is 0 Å². The Kier molecular flexibility index (Phi) is 9.70. The van der Waals surface area contributed by atoms with Crippen molar-refractivity contribution in [2.24, 2.45) is 4.99 Å². The van der Waals surface area contributed by atoms with Crippen LogP contribution in [0.2, 0.25) is 0 Å². The lowest BCUT2D eigenvalue weighted by Crippen LogP contribution is -2.48. The molecule has 1 fully saturated rings. The van der Waals surface area contributed by atoms with Gasteiger partial charge in [-0.15, -0.1) is 24.0 Å². The van der Waals surface area contributed by atoms with Gasteiger partial charge in [0.1, 0.15) is 0 Å². The van der Waals surface area contributed by atoms with Crippen molar-refractivity contribution in [3.63, 3.8) is 0 Å². The lowest BCUT2D eigenvalue weighted by Gasteiger charge is -2.36. The topological polar surface area (TPSA) is 45.7 Å². The molecular weight excluding hydrogens is 490 g/mol. The minimum Gasteiger partial charge on any atom is -0.381 e. The first-order valence-electron chi connectivity index (χ1n) is 8.57. The lowest BCUT2D eigenvalue weighted by molar-refractivity contribution is -0.137. The highest BCUT2D eigenvalue weighted by molar-refractivity contribution is 14.0. The number of hydrogen-bond donors (Lipinski definition) is 2. The number of ether oxygens (including phenoxy) is 1. The predicted molar refractivity (Wildman–Crippen MR) is 116 cm³/mol. The van der Waals surface area contributed by atoms with Gasteiger partial charge in [-0.25, -0.2) is 0 Å². The normalized spacial score (nSPS) is 18.4. The van der Waals surface area contributed by atoms with Crippen LogP contribution in [0.4, 0.5) is 13.2 Å². The molecule has 1 atom stereocenters. The van der Waals surface area contributed by atoms with Gasteiger partial charge < -0.3 is 15.4 Å². The Balaban J connectivity index is 0.00000364. The number of aliphatic imine (C=N–C) groups is 1. The number of nitrogens with zero attached hydrogens (tertiary/aromatic N) is 1. The van der Waals surface area contributed by atoms with E-state index in [1.807, 2.05) is 18.7 Å². The van der Waals surface area contributed by atoms with E-state index >= 15 is 0 Å². The van der Waals surface area contributed by atoms with Gasteiger partial charge in [-0.1, -0.05) is 12.1 Å². The molecule has 0 aromatic heterocycles.